The highest BCUT2D eigenvalue weighted by molar-refractivity contribution is 6.12. The van der Waals surface area contributed by atoms with Crippen molar-refractivity contribution in [2.24, 2.45) is 0 Å². The Balaban J connectivity index is 2.75. The molecule has 0 radical (unpaired) electrons. The monoisotopic (exact) mass is 190 g/mol. The van der Waals surface area contributed by atoms with Crippen molar-refractivity contribution in [1.29, 1.82) is 0 Å². The third-order valence-corrected chi connectivity index (χ3v) is 2.52. The third kappa shape index (κ3) is 1.06. The van der Waals surface area contributed by atoms with Gasteiger partial charge in [-0.25, -0.2) is 0 Å². The summed E-state index contributed by atoms with van der Waals surface area (Å²) in [5.41, 5.74) is 2.17. The molecule has 0 spiro atoms. The van der Waals surface area contributed by atoms with Gasteiger partial charge >= 0.3 is 0 Å². The van der Waals surface area contributed by atoms with Crippen LogP contribution in [0.15, 0.2) is 24.4 Å². The summed E-state index contributed by atoms with van der Waals surface area (Å²) in [7, 11) is 3.93. The predicted molar refractivity (Wildman–Crippen MR) is 55.8 cm³/mol. The number of hydrogen-bond donors (Lipinski definition) is 1. The number of carbonyl (C=O) groups excluding carboxylic acids is 1. The molecule has 0 atom stereocenters. The second kappa shape index (κ2) is 2.69. The lowest BCUT2D eigenvalue weighted by atomic mass is 10.1. The fourth-order valence-electron chi connectivity index (χ4n) is 1.88. The molecule has 0 saturated heterocycles. The van der Waals surface area contributed by atoms with Crippen LogP contribution in [0.5, 0.6) is 5.75 Å². The Hall–Kier alpha value is -1.61. The minimum absolute atomic E-state index is 0.171. The van der Waals surface area contributed by atoms with E-state index in [0.717, 1.165) is 12.0 Å². The molecule has 0 saturated carbocycles. The van der Waals surface area contributed by atoms with Gasteiger partial charge in [0.15, 0.2) is 6.29 Å². The molecule has 1 aromatic carbocycles. The number of phenols is 1. The Morgan fingerprint density at radius 3 is 2.71 bits per heavy atom. The number of benzene rings is 1. The van der Waals surface area contributed by atoms with Crippen molar-refractivity contribution >= 4 is 17.5 Å². The molecule has 14 heavy (non-hydrogen) atoms. The molecule has 0 amide bonds. The normalized spacial score (nSPS) is 17.4. The highest BCUT2D eigenvalue weighted by Gasteiger charge is 2.32. The number of fused-ring (bicyclic) bond motifs is 1. The van der Waals surface area contributed by atoms with Crippen LogP contribution in [0.3, 0.4) is 0 Å². The van der Waals surface area contributed by atoms with Gasteiger partial charge in [0.25, 0.3) is 0 Å². The van der Waals surface area contributed by atoms with Crippen molar-refractivity contribution in [1.82, 2.24) is 4.48 Å². The van der Waals surface area contributed by atoms with E-state index in [2.05, 4.69) is 0 Å². The maximum atomic E-state index is 10.8. The van der Waals surface area contributed by atoms with Gasteiger partial charge in [0.2, 0.25) is 0 Å². The minimum atomic E-state index is 0.171. The Morgan fingerprint density at radius 1 is 1.36 bits per heavy atom. The van der Waals surface area contributed by atoms with Gasteiger partial charge < -0.3 is 5.11 Å². The summed E-state index contributed by atoms with van der Waals surface area (Å²) >= 11 is 0. The number of nitrogens with zero attached hydrogens (tertiary/aromatic N) is 1. The van der Waals surface area contributed by atoms with E-state index in [0.29, 0.717) is 15.6 Å². The zero-order valence-corrected chi connectivity index (χ0v) is 8.19. The van der Waals surface area contributed by atoms with Crippen LogP contribution in [0.25, 0.3) is 5.57 Å². The van der Waals surface area contributed by atoms with Gasteiger partial charge in [-0.1, -0.05) is 6.07 Å². The quantitative estimate of drug-likeness (QED) is 0.538. The molecule has 0 fully saturated rings. The van der Waals surface area contributed by atoms with E-state index < -0.39 is 0 Å². The maximum absolute atomic E-state index is 10.8. The first-order valence-electron chi connectivity index (χ1n) is 4.41. The van der Waals surface area contributed by atoms with Crippen molar-refractivity contribution in [2.45, 2.75) is 0 Å². The summed E-state index contributed by atoms with van der Waals surface area (Å²) in [6, 6.07) is 5.30. The van der Waals surface area contributed by atoms with Crippen LogP contribution in [0.4, 0.5) is 5.69 Å². The smallest absolute Gasteiger partial charge is 0.156 e. The number of allylic oxidation sites excluding steroid dienone is 1. The van der Waals surface area contributed by atoms with Gasteiger partial charge in [-0.15, -0.1) is 0 Å². The van der Waals surface area contributed by atoms with E-state index in [9.17, 15) is 9.90 Å². The maximum Gasteiger partial charge on any atom is 0.156 e. The standard InChI is InChI=1S/C11H11NO2/c1-12(2)6-8(7-13)11-9(12)4-3-5-10(11)14/h3-7H,1-2H3/p+1. The summed E-state index contributed by atoms with van der Waals surface area (Å²) in [5.74, 6) is 0.171. The summed E-state index contributed by atoms with van der Waals surface area (Å²) in [6.07, 6.45) is 2.61. The van der Waals surface area contributed by atoms with E-state index in [1.807, 2.05) is 26.4 Å². The van der Waals surface area contributed by atoms with Gasteiger partial charge in [0, 0.05) is 6.07 Å². The molecule has 1 heterocycles. The van der Waals surface area contributed by atoms with Crippen molar-refractivity contribution in [2.75, 3.05) is 14.1 Å². The van der Waals surface area contributed by atoms with Gasteiger partial charge in [0.1, 0.15) is 17.6 Å². The molecule has 0 unspecified atom stereocenters. The summed E-state index contributed by atoms with van der Waals surface area (Å²) < 4.78 is 0.498. The summed E-state index contributed by atoms with van der Waals surface area (Å²) in [4.78, 5) is 10.8. The minimum Gasteiger partial charge on any atom is -0.507 e. The Morgan fingerprint density at radius 2 is 2.07 bits per heavy atom. The van der Waals surface area contributed by atoms with Crippen molar-refractivity contribution < 1.29 is 9.90 Å². The SMILES string of the molecule is C[N+]1(C)C=C(C=O)c2c(O)cccc21. The Labute approximate surface area is 82.5 Å². The van der Waals surface area contributed by atoms with Crippen LogP contribution in [0, 0.1) is 0 Å². The van der Waals surface area contributed by atoms with E-state index >= 15 is 0 Å². The van der Waals surface area contributed by atoms with E-state index in [4.69, 9.17) is 0 Å². The average molecular weight is 190 g/mol. The molecule has 3 nitrogen and oxygen atoms in total. The van der Waals surface area contributed by atoms with Gasteiger partial charge in [-0.3, -0.25) is 9.28 Å². The predicted octanol–water partition coefficient (Wildman–Crippen LogP) is 1.51. The van der Waals surface area contributed by atoms with Crippen LogP contribution in [-0.2, 0) is 4.79 Å². The zero-order chi connectivity index (χ0) is 10.3. The highest BCUT2D eigenvalue weighted by atomic mass is 16.3. The zero-order valence-electron chi connectivity index (χ0n) is 8.19. The molecule has 0 bridgehead atoms. The lowest BCUT2D eigenvalue weighted by molar-refractivity contribution is -0.103. The lowest BCUT2D eigenvalue weighted by Crippen LogP contribution is -2.31. The van der Waals surface area contributed by atoms with E-state index in [1.165, 1.54) is 0 Å². The third-order valence-electron chi connectivity index (χ3n) is 2.52. The van der Waals surface area contributed by atoms with Crippen LogP contribution in [0.2, 0.25) is 0 Å². The molecule has 1 aliphatic heterocycles. The van der Waals surface area contributed by atoms with E-state index in [1.54, 1.807) is 12.1 Å². The second-order valence-electron chi connectivity index (χ2n) is 3.91. The molecule has 0 aromatic heterocycles. The summed E-state index contributed by atoms with van der Waals surface area (Å²) in [6.45, 7) is 0. The number of aromatic hydroxyl groups is 1. The highest BCUT2D eigenvalue weighted by Crippen LogP contribution is 2.41. The van der Waals surface area contributed by atoms with Gasteiger partial charge in [0.05, 0.1) is 25.2 Å². The first kappa shape index (κ1) is 8.97. The first-order chi connectivity index (χ1) is 6.56. The van der Waals surface area contributed by atoms with Gasteiger partial charge in [-0.05, 0) is 6.07 Å². The van der Waals surface area contributed by atoms with Crippen molar-refractivity contribution in [3.05, 3.63) is 30.0 Å². The topological polar surface area (TPSA) is 37.3 Å². The Kier molecular flexibility index (Phi) is 1.72. The van der Waals surface area contributed by atoms with Crippen molar-refractivity contribution in [3.8, 4) is 5.75 Å². The number of quaternary nitrogens is 1. The number of carbonyl (C=O) groups is 1. The van der Waals surface area contributed by atoms with Crippen LogP contribution >= 0.6 is 0 Å². The molecular formula is C11H12NO2+. The Bertz CT molecular complexity index is 433. The molecule has 1 aromatic rings. The van der Waals surface area contributed by atoms with E-state index in [-0.39, 0.29) is 5.75 Å². The number of rotatable bonds is 1. The molecule has 3 heteroatoms. The summed E-state index contributed by atoms with van der Waals surface area (Å²) in [5, 5.41) is 9.66. The number of hydrogen-bond acceptors (Lipinski definition) is 2. The van der Waals surface area contributed by atoms with Crippen LogP contribution < -0.4 is 4.48 Å². The molecule has 2 rings (SSSR count). The fourth-order valence-corrected chi connectivity index (χ4v) is 1.88. The molecule has 1 N–H and O–H groups in total. The molecule has 0 aliphatic carbocycles. The fraction of sp³-hybridized carbons (Fsp3) is 0.182. The average Bonchev–Trinajstić information content (AvgIpc) is 2.40. The lowest BCUT2D eigenvalue weighted by Gasteiger charge is -2.20. The second-order valence-corrected chi connectivity index (χ2v) is 3.91. The molecule has 72 valence electrons. The molecular weight excluding hydrogens is 178 g/mol. The first-order valence-corrected chi connectivity index (χ1v) is 4.41. The van der Waals surface area contributed by atoms with Crippen LogP contribution in [-0.4, -0.2) is 25.5 Å². The van der Waals surface area contributed by atoms with Gasteiger partial charge in [-0.2, -0.15) is 0 Å². The molecule has 1 aliphatic rings. The van der Waals surface area contributed by atoms with Crippen molar-refractivity contribution in [3.63, 3.8) is 0 Å². The van der Waals surface area contributed by atoms with Crippen LogP contribution in [0.1, 0.15) is 5.56 Å². The largest absolute Gasteiger partial charge is 0.507 e. The number of aldehydes is 1. The number of phenolic OH excluding ortho intramolecular Hbond substituents is 1.